The van der Waals surface area contributed by atoms with E-state index in [4.69, 9.17) is 0 Å². The minimum absolute atomic E-state index is 0.405. The van der Waals surface area contributed by atoms with Crippen LogP contribution >= 0.6 is 0 Å². The Kier molecular flexibility index (Phi) is 14.8. The minimum atomic E-state index is 0.405. The first-order chi connectivity index (χ1) is 11.5. The van der Waals surface area contributed by atoms with Gasteiger partial charge in [0.1, 0.15) is 5.78 Å². The Hall–Kier alpha value is -0.330. The zero-order valence-electron chi connectivity index (χ0n) is 17.7. The van der Waals surface area contributed by atoms with E-state index in [0.29, 0.717) is 11.7 Å². The molecule has 1 saturated carbocycles. The molecule has 0 bridgehead atoms. The monoisotopic (exact) mass is 338 g/mol. The van der Waals surface area contributed by atoms with Gasteiger partial charge in [-0.2, -0.15) is 0 Å². The smallest absolute Gasteiger partial charge is 0.135 e. The summed E-state index contributed by atoms with van der Waals surface area (Å²) in [5.41, 5.74) is 0. The lowest BCUT2D eigenvalue weighted by atomic mass is 9.76. The van der Waals surface area contributed by atoms with Crippen LogP contribution in [-0.2, 0) is 4.79 Å². The Morgan fingerprint density at radius 2 is 1.67 bits per heavy atom. The molecule has 1 heteroatoms. The van der Waals surface area contributed by atoms with E-state index in [1.807, 2.05) is 13.8 Å². The molecule has 0 N–H and O–H groups in total. The van der Waals surface area contributed by atoms with Crippen molar-refractivity contribution in [3.05, 3.63) is 0 Å². The SMILES string of the molecule is CC.CCCC(=O)C1CCCC(CCCC(C)CCCC(C)C)C1. The number of carbonyl (C=O) groups excluding carboxylic acids is 1. The van der Waals surface area contributed by atoms with E-state index in [2.05, 4.69) is 27.7 Å². The van der Waals surface area contributed by atoms with E-state index in [1.54, 1.807) is 0 Å². The van der Waals surface area contributed by atoms with Gasteiger partial charge in [0, 0.05) is 12.3 Å². The number of carbonyl (C=O) groups is 1. The summed E-state index contributed by atoms with van der Waals surface area (Å²) in [6, 6.07) is 0. The van der Waals surface area contributed by atoms with Gasteiger partial charge in [0.05, 0.1) is 0 Å². The second-order valence-corrected chi connectivity index (χ2v) is 8.31. The molecule has 24 heavy (non-hydrogen) atoms. The van der Waals surface area contributed by atoms with Gasteiger partial charge in [-0.15, -0.1) is 0 Å². The summed E-state index contributed by atoms with van der Waals surface area (Å²) < 4.78 is 0. The predicted octanol–water partition coefficient (Wildman–Crippen LogP) is 7.82. The summed E-state index contributed by atoms with van der Waals surface area (Å²) >= 11 is 0. The van der Waals surface area contributed by atoms with Crippen molar-refractivity contribution in [1.29, 1.82) is 0 Å². The molecule has 0 heterocycles. The molecule has 0 amide bonds. The van der Waals surface area contributed by atoms with Crippen molar-refractivity contribution >= 4 is 5.78 Å². The second-order valence-electron chi connectivity index (χ2n) is 8.31. The predicted molar refractivity (Wildman–Crippen MR) is 108 cm³/mol. The molecule has 1 fully saturated rings. The fourth-order valence-electron chi connectivity index (χ4n) is 4.07. The zero-order chi connectivity index (χ0) is 18.4. The average Bonchev–Trinajstić information content (AvgIpc) is 2.57. The maximum absolute atomic E-state index is 12.1. The lowest BCUT2D eigenvalue weighted by Crippen LogP contribution is -2.22. The molecule has 0 aromatic heterocycles. The summed E-state index contributed by atoms with van der Waals surface area (Å²) in [6.07, 6.45) is 15.2. The highest BCUT2D eigenvalue weighted by Crippen LogP contribution is 2.34. The number of Topliss-reactive ketones (excluding diaryl/α,β-unsaturated/α-hetero) is 1. The first-order valence-corrected chi connectivity index (χ1v) is 11.1. The maximum atomic E-state index is 12.1. The van der Waals surface area contributed by atoms with Gasteiger partial charge in [-0.05, 0) is 37.0 Å². The van der Waals surface area contributed by atoms with Crippen LogP contribution in [0, 0.1) is 23.7 Å². The van der Waals surface area contributed by atoms with Gasteiger partial charge < -0.3 is 0 Å². The summed E-state index contributed by atoms with van der Waals surface area (Å²) in [6.45, 7) is 13.2. The van der Waals surface area contributed by atoms with Crippen LogP contribution in [0.15, 0.2) is 0 Å². The molecule has 1 aliphatic rings. The molecular weight excluding hydrogens is 292 g/mol. The Balaban J connectivity index is 0.00000254. The van der Waals surface area contributed by atoms with Crippen LogP contribution < -0.4 is 0 Å². The molecule has 1 nitrogen and oxygen atoms in total. The van der Waals surface area contributed by atoms with Crippen LogP contribution in [0.4, 0.5) is 0 Å². The first-order valence-electron chi connectivity index (χ1n) is 11.1. The van der Waals surface area contributed by atoms with Gasteiger partial charge in [0.2, 0.25) is 0 Å². The minimum Gasteiger partial charge on any atom is -0.299 e. The van der Waals surface area contributed by atoms with Crippen LogP contribution in [0.3, 0.4) is 0 Å². The molecule has 0 radical (unpaired) electrons. The summed E-state index contributed by atoms with van der Waals surface area (Å²) in [7, 11) is 0. The van der Waals surface area contributed by atoms with Gasteiger partial charge >= 0.3 is 0 Å². The molecule has 0 aromatic carbocycles. The molecule has 0 saturated heterocycles. The third-order valence-corrected chi connectivity index (χ3v) is 5.52. The van der Waals surface area contributed by atoms with Gasteiger partial charge in [0.25, 0.3) is 0 Å². The van der Waals surface area contributed by atoms with Gasteiger partial charge in [-0.3, -0.25) is 4.79 Å². The van der Waals surface area contributed by atoms with E-state index in [9.17, 15) is 4.79 Å². The standard InChI is InChI=1S/C21H40O.C2H6/c1-5-9-21(22)20-15-8-14-19(16-20)13-7-12-18(4)11-6-10-17(2)3;1-2/h17-20H,5-16H2,1-4H3;1-2H3. The largest absolute Gasteiger partial charge is 0.299 e. The molecular formula is C23H46O. The molecule has 144 valence electrons. The Morgan fingerprint density at radius 3 is 2.29 bits per heavy atom. The molecule has 0 aromatic rings. The van der Waals surface area contributed by atoms with Gasteiger partial charge in [0.15, 0.2) is 0 Å². The van der Waals surface area contributed by atoms with Crippen molar-refractivity contribution < 1.29 is 4.79 Å². The third kappa shape index (κ3) is 11.3. The Bertz CT molecular complexity index is 294. The third-order valence-electron chi connectivity index (χ3n) is 5.52. The second kappa shape index (κ2) is 15.0. The van der Waals surface area contributed by atoms with Crippen molar-refractivity contribution in [2.45, 2.75) is 119 Å². The number of hydrogen-bond donors (Lipinski definition) is 0. The van der Waals surface area contributed by atoms with E-state index < -0.39 is 0 Å². The van der Waals surface area contributed by atoms with E-state index >= 15 is 0 Å². The fourth-order valence-corrected chi connectivity index (χ4v) is 4.07. The van der Waals surface area contributed by atoms with E-state index in [0.717, 1.165) is 30.6 Å². The van der Waals surface area contributed by atoms with Crippen LogP contribution in [0.2, 0.25) is 0 Å². The zero-order valence-corrected chi connectivity index (χ0v) is 17.7. The highest BCUT2D eigenvalue weighted by molar-refractivity contribution is 5.80. The van der Waals surface area contributed by atoms with Crippen molar-refractivity contribution in [2.24, 2.45) is 23.7 Å². The molecule has 0 spiro atoms. The topological polar surface area (TPSA) is 17.1 Å². The van der Waals surface area contributed by atoms with Crippen molar-refractivity contribution in [3.63, 3.8) is 0 Å². The van der Waals surface area contributed by atoms with Crippen molar-refractivity contribution in [3.8, 4) is 0 Å². The van der Waals surface area contributed by atoms with Gasteiger partial charge in [-0.1, -0.05) is 92.9 Å². The highest BCUT2D eigenvalue weighted by Gasteiger charge is 2.26. The fraction of sp³-hybridized carbons (Fsp3) is 0.957. The number of rotatable bonds is 11. The molecule has 1 rings (SSSR count). The highest BCUT2D eigenvalue weighted by atomic mass is 16.1. The van der Waals surface area contributed by atoms with Crippen LogP contribution in [-0.4, -0.2) is 5.78 Å². The summed E-state index contributed by atoms with van der Waals surface area (Å²) in [5, 5.41) is 0. The first kappa shape index (κ1) is 23.7. The lowest BCUT2D eigenvalue weighted by Gasteiger charge is -2.28. The van der Waals surface area contributed by atoms with Crippen LogP contribution in [0.5, 0.6) is 0 Å². The number of ketones is 1. The maximum Gasteiger partial charge on any atom is 0.135 e. The average molecular weight is 339 g/mol. The normalized spacial score (nSPS) is 22.0. The van der Waals surface area contributed by atoms with Crippen LogP contribution in [0.1, 0.15) is 119 Å². The molecule has 1 aliphatic carbocycles. The summed E-state index contributed by atoms with van der Waals surface area (Å²) in [4.78, 5) is 12.1. The number of hydrogen-bond acceptors (Lipinski definition) is 1. The van der Waals surface area contributed by atoms with E-state index in [-0.39, 0.29) is 0 Å². The molecule has 3 unspecified atom stereocenters. The van der Waals surface area contributed by atoms with Gasteiger partial charge in [-0.25, -0.2) is 0 Å². The lowest BCUT2D eigenvalue weighted by molar-refractivity contribution is -0.124. The van der Waals surface area contributed by atoms with Crippen molar-refractivity contribution in [1.82, 2.24) is 0 Å². The molecule has 0 aliphatic heterocycles. The van der Waals surface area contributed by atoms with Crippen molar-refractivity contribution in [2.75, 3.05) is 0 Å². The summed E-state index contributed by atoms with van der Waals surface area (Å²) in [5.74, 6) is 3.53. The van der Waals surface area contributed by atoms with Crippen LogP contribution in [0.25, 0.3) is 0 Å². The quantitative estimate of drug-likeness (QED) is 0.375. The van der Waals surface area contributed by atoms with E-state index in [1.165, 1.54) is 64.2 Å². The molecule has 3 atom stereocenters. The Labute approximate surface area is 153 Å². The Morgan fingerprint density at radius 1 is 1.00 bits per heavy atom.